The average Bonchev–Trinajstić information content (AvgIpc) is 2.72. The highest BCUT2D eigenvalue weighted by Gasteiger charge is 2.31. The first-order chi connectivity index (χ1) is 9.41. The molecular weight excluding hydrogens is 242 g/mol. The normalized spacial score (nSPS) is 26.9. The van der Waals surface area contributed by atoms with Crippen molar-refractivity contribution in [2.45, 2.75) is 65.3 Å². The standard InChI is InChI=1S/C19H31N/c1-6-20-18-12-9-16(14(18)2)13-15-7-10-17(11-8-15)19(3,4)5/h7-8,10-11,14,16,18,20H,6,9,12-13H2,1-5H3. The van der Waals surface area contributed by atoms with Crippen molar-refractivity contribution in [2.75, 3.05) is 6.54 Å². The van der Waals surface area contributed by atoms with E-state index < -0.39 is 0 Å². The lowest BCUT2D eigenvalue weighted by molar-refractivity contribution is 0.355. The van der Waals surface area contributed by atoms with Crippen LogP contribution in [0.15, 0.2) is 24.3 Å². The fourth-order valence-corrected chi connectivity index (χ4v) is 3.53. The summed E-state index contributed by atoms with van der Waals surface area (Å²) in [6, 6.07) is 10.0. The van der Waals surface area contributed by atoms with Crippen LogP contribution in [0.25, 0.3) is 0 Å². The molecule has 1 aliphatic carbocycles. The van der Waals surface area contributed by atoms with Gasteiger partial charge in [0.05, 0.1) is 0 Å². The smallest absolute Gasteiger partial charge is 0.00954 e. The van der Waals surface area contributed by atoms with Crippen molar-refractivity contribution in [3.8, 4) is 0 Å². The summed E-state index contributed by atoms with van der Waals surface area (Å²) in [5.74, 6) is 1.65. The third kappa shape index (κ3) is 3.63. The fourth-order valence-electron chi connectivity index (χ4n) is 3.53. The van der Waals surface area contributed by atoms with Gasteiger partial charge < -0.3 is 5.32 Å². The molecule has 2 rings (SSSR count). The summed E-state index contributed by atoms with van der Waals surface area (Å²) in [6.45, 7) is 12.6. The van der Waals surface area contributed by atoms with E-state index in [-0.39, 0.29) is 5.41 Å². The van der Waals surface area contributed by atoms with Crippen molar-refractivity contribution in [1.29, 1.82) is 0 Å². The largest absolute Gasteiger partial charge is 0.314 e. The van der Waals surface area contributed by atoms with Crippen LogP contribution in [0.1, 0.15) is 58.6 Å². The molecule has 0 aromatic heterocycles. The van der Waals surface area contributed by atoms with Crippen LogP contribution in [-0.4, -0.2) is 12.6 Å². The predicted molar refractivity (Wildman–Crippen MR) is 88.2 cm³/mol. The molecule has 1 heteroatoms. The molecule has 0 saturated heterocycles. The zero-order chi connectivity index (χ0) is 14.8. The molecular formula is C19H31N. The van der Waals surface area contributed by atoms with E-state index >= 15 is 0 Å². The second-order valence-corrected chi connectivity index (χ2v) is 7.51. The highest BCUT2D eigenvalue weighted by Crippen LogP contribution is 2.34. The Balaban J connectivity index is 1.97. The van der Waals surface area contributed by atoms with E-state index in [2.05, 4.69) is 64.2 Å². The summed E-state index contributed by atoms with van der Waals surface area (Å²) in [6.07, 6.45) is 3.97. The van der Waals surface area contributed by atoms with Crippen LogP contribution in [0.3, 0.4) is 0 Å². The first kappa shape index (κ1) is 15.6. The predicted octanol–water partition coefficient (Wildman–Crippen LogP) is 4.55. The molecule has 0 radical (unpaired) electrons. The minimum atomic E-state index is 0.259. The Bertz CT molecular complexity index is 412. The number of nitrogens with one attached hydrogen (secondary N) is 1. The maximum absolute atomic E-state index is 3.64. The van der Waals surface area contributed by atoms with E-state index in [4.69, 9.17) is 0 Å². The van der Waals surface area contributed by atoms with Crippen LogP contribution < -0.4 is 5.32 Å². The summed E-state index contributed by atoms with van der Waals surface area (Å²) in [5, 5.41) is 3.64. The number of benzene rings is 1. The van der Waals surface area contributed by atoms with E-state index in [9.17, 15) is 0 Å². The minimum absolute atomic E-state index is 0.259. The van der Waals surface area contributed by atoms with Gasteiger partial charge in [0, 0.05) is 6.04 Å². The molecule has 3 unspecified atom stereocenters. The van der Waals surface area contributed by atoms with Crippen molar-refractivity contribution in [3.05, 3.63) is 35.4 Å². The van der Waals surface area contributed by atoms with Crippen LogP contribution in [-0.2, 0) is 11.8 Å². The van der Waals surface area contributed by atoms with Gasteiger partial charge in [0.15, 0.2) is 0 Å². The van der Waals surface area contributed by atoms with Crippen LogP contribution in [0.2, 0.25) is 0 Å². The zero-order valence-corrected chi connectivity index (χ0v) is 13.9. The second-order valence-electron chi connectivity index (χ2n) is 7.51. The van der Waals surface area contributed by atoms with Gasteiger partial charge in [-0.1, -0.05) is 58.9 Å². The van der Waals surface area contributed by atoms with Crippen molar-refractivity contribution in [2.24, 2.45) is 11.8 Å². The summed E-state index contributed by atoms with van der Waals surface area (Å²) in [4.78, 5) is 0. The SMILES string of the molecule is CCNC1CCC(Cc2ccc(C(C)(C)C)cc2)C1C. The average molecular weight is 273 g/mol. The Hall–Kier alpha value is -0.820. The van der Waals surface area contributed by atoms with Gasteiger partial charge >= 0.3 is 0 Å². The molecule has 1 aromatic rings. The van der Waals surface area contributed by atoms with Gasteiger partial charge in [-0.2, -0.15) is 0 Å². The fraction of sp³-hybridized carbons (Fsp3) is 0.684. The Morgan fingerprint density at radius 2 is 1.75 bits per heavy atom. The number of rotatable bonds is 4. The topological polar surface area (TPSA) is 12.0 Å². The van der Waals surface area contributed by atoms with Gasteiger partial charge in [0.2, 0.25) is 0 Å². The lowest BCUT2D eigenvalue weighted by Gasteiger charge is -2.22. The summed E-state index contributed by atoms with van der Waals surface area (Å²) in [5.41, 5.74) is 3.20. The molecule has 1 nitrogen and oxygen atoms in total. The van der Waals surface area contributed by atoms with E-state index in [1.54, 1.807) is 0 Å². The van der Waals surface area contributed by atoms with E-state index in [1.807, 2.05) is 0 Å². The molecule has 0 bridgehead atoms. The lowest BCUT2D eigenvalue weighted by Crippen LogP contribution is -2.32. The maximum atomic E-state index is 3.64. The summed E-state index contributed by atoms with van der Waals surface area (Å²) >= 11 is 0. The van der Waals surface area contributed by atoms with Gasteiger partial charge in [-0.25, -0.2) is 0 Å². The molecule has 1 aliphatic rings. The Labute approximate surface area is 125 Å². The van der Waals surface area contributed by atoms with E-state index in [0.717, 1.165) is 24.4 Å². The Kier molecular flexibility index (Phi) is 4.90. The summed E-state index contributed by atoms with van der Waals surface area (Å²) in [7, 11) is 0. The monoisotopic (exact) mass is 273 g/mol. The van der Waals surface area contributed by atoms with Crippen molar-refractivity contribution >= 4 is 0 Å². The molecule has 1 saturated carbocycles. The van der Waals surface area contributed by atoms with Crippen molar-refractivity contribution < 1.29 is 0 Å². The molecule has 3 atom stereocenters. The molecule has 112 valence electrons. The molecule has 1 fully saturated rings. The van der Waals surface area contributed by atoms with Crippen LogP contribution in [0.4, 0.5) is 0 Å². The molecule has 1 aromatic carbocycles. The van der Waals surface area contributed by atoms with Crippen LogP contribution in [0.5, 0.6) is 0 Å². The van der Waals surface area contributed by atoms with Gasteiger partial charge in [-0.3, -0.25) is 0 Å². The zero-order valence-electron chi connectivity index (χ0n) is 13.9. The van der Waals surface area contributed by atoms with Crippen molar-refractivity contribution in [1.82, 2.24) is 5.32 Å². The highest BCUT2D eigenvalue weighted by atomic mass is 14.9. The van der Waals surface area contributed by atoms with Gasteiger partial charge in [0.25, 0.3) is 0 Å². The summed E-state index contributed by atoms with van der Waals surface area (Å²) < 4.78 is 0. The number of hydrogen-bond donors (Lipinski definition) is 1. The quantitative estimate of drug-likeness (QED) is 0.848. The third-order valence-electron chi connectivity index (χ3n) is 5.01. The molecule has 20 heavy (non-hydrogen) atoms. The van der Waals surface area contributed by atoms with E-state index in [0.29, 0.717) is 0 Å². The maximum Gasteiger partial charge on any atom is 0.00954 e. The Morgan fingerprint density at radius 1 is 1.10 bits per heavy atom. The van der Waals surface area contributed by atoms with Gasteiger partial charge in [-0.05, 0) is 54.2 Å². The van der Waals surface area contributed by atoms with E-state index in [1.165, 1.54) is 30.4 Å². The van der Waals surface area contributed by atoms with Gasteiger partial charge in [-0.15, -0.1) is 0 Å². The third-order valence-corrected chi connectivity index (χ3v) is 5.01. The van der Waals surface area contributed by atoms with Crippen LogP contribution >= 0.6 is 0 Å². The number of hydrogen-bond acceptors (Lipinski definition) is 1. The highest BCUT2D eigenvalue weighted by molar-refractivity contribution is 5.28. The second kappa shape index (κ2) is 6.30. The molecule has 0 spiro atoms. The van der Waals surface area contributed by atoms with Gasteiger partial charge in [0.1, 0.15) is 0 Å². The Morgan fingerprint density at radius 3 is 2.30 bits per heavy atom. The van der Waals surface area contributed by atoms with Crippen molar-refractivity contribution in [3.63, 3.8) is 0 Å². The first-order valence-corrected chi connectivity index (χ1v) is 8.24. The lowest BCUT2D eigenvalue weighted by atomic mass is 9.85. The van der Waals surface area contributed by atoms with Crippen LogP contribution in [0, 0.1) is 11.8 Å². The minimum Gasteiger partial charge on any atom is -0.314 e. The molecule has 0 amide bonds. The first-order valence-electron chi connectivity index (χ1n) is 8.24. The molecule has 0 heterocycles. The molecule has 1 N–H and O–H groups in total. The molecule has 0 aliphatic heterocycles.